The van der Waals surface area contributed by atoms with Crippen LogP contribution in [0, 0.1) is 10.1 Å². The Labute approximate surface area is 111 Å². The predicted molar refractivity (Wildman–Crippen MR) is 66.5 cm³/mol. The zero-order chi connectivity index (χ0) is 13.7. The second kappa shape index (κ2) is 6.25. The minimum atomic E-state index is -0.605. The summed E-state index contributed by atoms with van der Waals surface area (Å²) in [7, 11) is 0. The normalized spacial score (nSPS) is 9.89. The number of non-ortho nitro benzene ring substituents is 1. The van der Waals surface area contributed by atoms with Crippen molar-refractivity contribution in [1.29, 1.82) is 0 Å². The molecular weight excluding hydrogens is 306 g/mol. The van der Waals surface area contributed by atoms with Crippen molar-refractivity contribution in [2.24, 2.45) is 0 Å². The molecule has 0 heterocycles. The summed E-state index contributed by atoms with van der Waals surface area (Å²) in [6, 6.07) is 2.38. The number of ether oxygens (including phenoxy) is 1. The summed E-state index contributed by atoms with van der Waals surface area (Å²) in [5, 5.41) is 10.6. The van der Waals surface area contributed by atoms with Crippen LogP contribution >= 0.6 is 15.9 Å². The molecule has 1 aromatic carbocycles. The van der Waals surface area contributed by atoms with Crippen molar-refractivity contribution < 1.29 is 19.2 Å². The molecule has 0 aromatic heterocycles. The van der Waals surface area contributed by atoms with Crippen molar-refractivity contribution in [3.8, 4) is 0 Å². The highest BCUT2D eigenvalue weighted by atomic mass is 79.9. The number of nitrogens with zero attached hydrogens (tertiary/aromatic N) is 1. The van der Waals surface area contributed by atoms with Gasteiger partial charge in [-0.1, -0.05) is 15.9 Å². The number of nitro benzene ring substituents is 1. The van der Waals surface area contributed by atoms with E-state index in [-0.39, 0.29) is 24.3 Å². The van der Waals surface area contributed by atoms with E-state index < -0.39 is 10.9 Å². The van der Waals surface area contributed by atoms with Crippen molar-refractivity contribution in [1.82, 2.24) is 0 Å². The minimum Gasteiger partial charge on any atom is -0.466 e. The highest BCUT2D eigenvalue weighted by molar-refractivity contribution is 9.10. The first kappa shape index (κ1) is 14.3. The predicted octanol–water partition coefficient (Wildman–Crippen LogP) is 2.28. The molecule has 0 atom stereocenters. The molecule has 0 bridgehead atoms. The van der Waals surface area contributed by atoms with Gasteiger partial charge in [-0.3, -0.25) is 19.7 Å². The molecule has 18 heavy (non-hydrogen) atoms. The lowest BCUT2D eigenvalue weighted by atomic mass is 10.0. The third-order valence-electron chi connectivity index (χ3n) is 2.18. The smallest absolute Gasteiger partial charge is 0.310 e. The average Bonchev–Trinajstić information content (AvgIpc) is 2.31. The molecule has 0 amide bonds. The molecule has 7 heteroatoms. The number of nitro groups is 1. The van der Waals surface area contributed by atoms with Gasteiger partial charge in [0.25, 0.3) is 5.69 Å². The van der Waals surface area contributed by atoms with Crippen molar-refractivity contribution in [2.45, 2.75) is 13.3 Å². The van der Waals surface area contributed by atoms with Crippen LogP contribution in [0.5, 0.6) is 0 Å². The second-order valence-corrected chi connectivity index (χ2v) is 4.21. The number of carbonyl (C=O) groups excluding carboxylic acids is 2. The van der Waals surface area contributed by atoms with E-state index >= 15 is 0 Å². The summed E-state index contributed by atoms with van der Waals surface area (Å²) < 4.78 is 5.11. The van der Waals surface area contributed by atoms with E-state index in [0.29, 0.717) is 16.3 Å². The minimum absolute atomic E-state index is 0.101. The third kappa shape index (κ3) is 3.36. The van der Waals surface area contributed by atoms with Gasteiger partial charge in [0.05, 0.1) is 18.0 Å². The molecule has 0 aliphatic carbocycles. The highest BCUT2D eigenvalue weighted by Gasteiger charge is 2.17. The fourth-order valence-corrected chi connectivity index (χ4v) is 2.00. The van der Waals surface area contributed by atoms with Crippen LogP contribution in [0.3, 0.4) is 0 Å². The summed E-state index contributed by atoms with van der Waals surface area (Å²) in [5.74, 6) is -0.491. The molecule has 1 aromatic rings. The number of hydrogen-bond acceptors (Lipinski definition) is 5. The third-order valence-corrected chi connectivity index (χ3v) is 2.89. The number of aldehydes is 1. The van der Waals surface area contributed by atoms with Crippen molar-refractivity contribution in [3.63, 3.8) is 0 Å². The molecular formula is C11H10BrNO5. The largest absolute Gasteiger partial charge is 0.466 e. The van der Waals surface area contributed by atoms with E-state index in [2.05, 4.69) is 15.9 Å². The second-order valence-electron chi connectivity index (χ2n) is 3.35. The van der Waals surface area contributed by atoms with Crippen LogP contribution in [0.4, 0.5) is 5.69 Å². The van der Waals surface area contributed by atoms with E-state index in [0.717, 1.165) is 6.07 Å². The number of hydrogen-bond donors (Lipinski definition) is 0. The molecule has 0 saturated carbocycles. The van der Waals surface area contributed by atoms with Crippen molar-refractivity contribution in [3.05, 3.63) is 37.8 Å². The average molecular weight is 316 g/mol. The first-order valence-electron chi connectivity index (χ1n) is 5.07. The van der Waals surface area contributed by atoms with E-state index in [1.807, 2.05) is 0 Å². The Hall–Kier alpha value is -1.76. The van der Waals surface area contributed by atoms with Crippen LogP contribution in [0.15, 0.2) is 16.6 Å². The Kier molecular flexibility index (Phi) is 4.96. The number of benzene rings is 1. The monoisotopic (exact) mass is 315 g/mol. The number of rotatable bonds is 5. The zero-order valence-electron chi connectivity index (χ0n) is 9.51. The Morgan fingerprint density at radius 3 is 2.72 bits per heavy atom. The fourth-order valence-electron chi connectivity index (χ4n) is 1.40. The van der Waals surface area contributed by atoms with Gasteiger partial charge in [-0.05, 0) is 12.5 Å². The first-order chi connectivity index (χ1) is 8.49. The van der Waals surface area contributed by atoms with Crippen LogP contribution in [-0.4, -0.2) is 23.8 Å². The molecule has 0 aliphatic heterocycles. The molecule has 96 valence electrons. The number of halogens is 1. The molecule has 0 aliphatic rings. The maximum atomic E-state index is 11.4. The molecule has 0 unspecified atom stereocenters. The van der Waals surface area contributed by atoms with Crippen LogP contribution in [0.1, 0.15) is 22.8 Å². The van der Waals surface area contributed by atoms with Crippen LogP contribution in [0.2, 0.25) is 0 Å². The van der Waals surface area contributed by atoms with Gasteiger partial charge in [-0.25, -0.2) is 0 Å². The standard InChI is InChI=1S/C11H10BrNO5/c1-2-18-11(15)5-9-7(6-14)3-8(13(16)17)4-10(9)12/h3-4,6H,2,5H2,1H3. The molecule has 0 radical (unpaired) electrons. The van der Waals surface area contributed by atoms with E-state index in [9.17, 15) is 19.7 Å². The quantitative estimate of drug-likeness (QED) is 0.360. The molecule has 6 nitrogen and oxygen atoms in total. The lowest BCUT2D eigenvalue weighted by Gasteiger charge is -2.07. The van der Waals surface area contributed by atoms with E-state index in [4.69, 9.17) is 4.74 Å². The van der Waals surface area contributed by atoms with E-state index in [1.165, 1.54) is 6.07 Å². The van der Waals surface area contributed by atoms with Gasteiger partial charge in [0.2, 0.25) is 0 Å². The van der Waals surface area contributed by atoms with Gasteiger partial charge in [0, 0.05) is 22.2 Å². The Morgan fingerprint density at radius 1 is 1.56 bits per heavy atom. The maximum absolute atomic E-state index is 11.4. The molecule has 0 fully saturated rings. The Bertz CT molecular complexity index is 500. The lowest BCUT2D eigenvalue weighted by molar-refractivity contribution is -0.385. The maximum Gasteiger partial charge on any atom is 0.310 e. The summed E-state index contributed by atoms with van der Waals surface area (Å²) in [5.41, 5.74) is 0.273. The van der Waals surface area contributed by atoms with Gasteiger partial charge >= 0.3 is 5.97 Å². The van der Waals surface area contributed by atoms with Gasteiger partial charge in [0.15, 0.2) is 6.29 Å². The Morgan fingerprint density at radius 2 is 2.22 bits per heavy atom. The zero-order valence-corrected chi connectivity index (χ0v) is 11.1. The molecule has 1 rings (SSSR count). The fraction of sp³-hybridized carbons (Fsp3) is 0.273. The number of esters is 1. The lowest BCUT2D eigenvalue weighted by Crippen LogP contribution is -2.10. The summed E-state index contributed by atoms with van der Waals surface area (Å²) in [4.78, 5) is 32.3. The highest BCUT2D eigenvalue weighted by Crippen LogP contribution is 2.27. The summed E-state index contributed by atoms with van der Waals surface area (Å²) in [6.45, 7) is 1.91. The van der Waals surface area contributed by atoms with Gasteiger partial charge in [-0.15, -0.1) is 0 Å². The SMILES string of the molecule is CCOC(=O)Cc1c(Br)cc([N+](=O)[O-])cc1C=O. The van der Waals surface area contributed by atoms with Crippen LogP contribution in [0.25, 0.3) is 0 Å². The van der Waals surface area contributed by atoms with Crippen LogP contribution in [-0.2, 0) is 16.0 Å². The van der Waals surface area contributed by atoms with Gasteiger partial charge in [-0.2, -0.15) is 0 Å². The summed E-state index contributed by atoms with van der Waals surface area (Å²) in [6.07, 6.45) is 0.368. The van der Waals surface area contributed by atoms with E-state index in [1.54, 1.807) is 6.92 Å². The first-order valence-corrected chi connectivity index (χ1v) is 5.86. The number of carbonyl (C=O) groups is 2. The van der Waals surface area contributed by atoms with Gasteiger partial charge in [0.1, 0.15) is 0 Å². The Balaban J connectivity index is 3.15. The summed E-state index contributed by atoms with van der Waals surface area (Å²) >= 11 is 3.12. The molecule has 0 saturated heterocycles. The molecule has 0 N–H and O–H groups in total. The molecule has 0 spiro atoms. The topological polar surface area (TPSA) is 86.5 Å². The van der Waals surface area contributed by atoms with Crippen molar-refractivity contribution in [2.75, 3.05) is 6.61 Å². The van der Waals surface area contributed by atoms with Crippen LogP contribution < -0.4 is 0 Å². The van der Waals surface area contributed by atoms with Gasteiger partial charge < -0.3 is 4.74 Å². The van der Waals surface area contributed by atoms with Crippen molar-refractivity contribution >= 4 is 33.9 Å².